The molecule has 0 radical (unpaired) electrons. The van der Waals surface area contributed by atoms with Gasteiger partial charge in [0.25, 0.3) is 5.91 Å². The molecule has 152 valence electrons. The maximum Gasteiger partial charge on any atom is 0.268 e. The number of carbonyl (C=O) groups excluding carboxylic acids is 1. The van der Waals surface area contributed by atoms with E-state index in [9.17, 15) is 4.79 Å². The summed E-state index contributed by atoms with van der Waals surface area (Å²) >= 11 is 13.0. The number of amides is 1. The first-order valence-corrected chi connectivity index (χ1v) is 10.8. The molecular formula is C21H18ClN5OS2. The van der Waals surface area contributed by atoms with Gasteiger partial charge in [-0.1, -0.05) is 53.6 Å². The molecule has 0 unspecified atom stereocenters. The number of halogens is 1. The number of benzene rings is 2. The summed E-state index contributed by atoms with van der Waals surface area (Å²) in [5.74, 6) is 0.305. The van der Waals surface area contributed by atoms with Crippen LogP contribution < -0.4 is 4.80 Å². The summed E-state index contributed by atoms with van der Waals surface area (Å²) in [6, 6.07) is 15.5. The topological polar surface area (TPSA) is 68.0 Å². The molecule has 0 aliphatic rings. The molecule has 1 amide bonds. The van der Waals surface area contributed by atoms with Crippen LogP contribution >= 0.6 is 35.2 Å². The van der Waals surface area contributed by atoms with E-state index >= 15 is 0 Å². The zero-order valence-corrected chi connectivity index (χ0v) is 18.5. The van der Waals surface area contributed by atoms with Gasteiger partial charge in [0.1, 0.15) is 6.54 Å². The van der Waals surface area contributed by atoms with Gasteiger partial charge < -0.3 is 4.57 Å². The van der Waals surface area contributed by atoms with Crippen molar-refractivity contribution in [1.29, 1.82) is 0 Å². The van der Waals surface area contributed by atoms with Gasteiger partial charge >= 0.3 is 0 Å². The molecule has 30 heavy (non-hydrogen) atoms. The Morgan fingerprint density at radius 2 is 2.10 bits per heavy atom. The van der Waals surface area contributed by atoms with Crippen molar-refractivity contribution >= 4 is 41.1 Å². The van der Waals surface area contributed by atoms with Crippen molar-refractivity contribution in [1.82, 2.24) is 19.3 Å². The van der Waals surface area contributed by atoms with Crippen molar-refractivity contribution in [2.75, 3.05) is 0 Å². The summed E-state index contributed by atoms with van der Waals surface area (Å²) in [5.41, 5.74) is 2.95. The molecular weight excluding hydrogens is 438 g/mol. The number of rotatable bonds is 5. The van der Waals surface area contributed by atoms with E-state index in [1.165, 1.54) is 11.3 Å². The van der Waals surface area contributed by atoms with Gasteiger partial charge in [-0.2, -0.15) is 10.1 Å². The third-order valence-electron chi connectivity index (χ3n) is 4.51. The molecule has 0 aliphatic heterocycles. The summed E-state index contributed by atoms with van der Waals surface area (Å²) < 4.78 is 3.95. The van der Waals surface area contributed by atoms with E-state index < -0.39 is 0 Å². The van der Waals surface area contributed by atoms with E-state index in [0.717, 1.165) is 16.7 Å². The minimum Gasteiger partial charge on any atom is -0.319 e. The second kappa shape index (κ2) is 8.91. The predicted molar refractivity (Wildman–Crippen MR) is 121 cm³/mol. The number of hydrogen-bond donors (Lipinski definition) is 1. The Hall–Kier alpha value is -2.81. The first-order valence-electron chi connectivity index (χ1n) is 9.18. The third kappa shape index (κ3) is 4.51. The zero-order valence-electron chi connectivity index (χ0n) is 16.1. The highest BCUT2D eigenvalue weighted by molar-refractivity contribution is 7.71. The Labute approximate surface area is 187 Å². The van der Waals surface area contributed by atoms with Crippen LogP contribution in [0.4, 0.5) is 0 Å². The molecule has 1 N–H and O–H groups in total. The van der Waals surface area contributed by atoms with Crippen molar-refractivity contribution < 1.29 is 4.79 Å². The molecule has 0 saturated carbocycles. The molecule has 0 fully saturated rings. The number of aryl methyl sites for hydroxylation is 1. The van der Waals surface area contributed by atoms with Crippen molar-refractivity contribution in [3.63, 3.8) is 0 Å². The smallest absolute Gasteiger partial charge is 0.268 e. The van der Waals surface area contributed by atoms with Gasteiger partial charge in [-0.05, 0) is 36.8 Å². The molecule has 4 aromatic rings. The van der Waals surface area contributed by atoms with Crippen molar-refractivity contribution in [3.8, 4) is 11.4 Å². The minimum atomic E-state index is -0.309. The summed E-state index contributed by atoms with van der Waals surface area (Å²) in [6.07, 6.45) is 1.89. The molecule has 0 bridgehead atoms. The summed E-state index contributed by atoms with van der Waals surface area (Å²) in [7, 11) is 0. The second-order valence-electron chi connectivity index (χ2n) is 6.72. The summed E-state index contributed by atoms with van der Waals surface area (Å²) in [4.78, 5) is 17.7. The lowest BCUT2D eigenvalue weighted by atomic mass is 10.1. The lowest BCUT2D eigenvalue weighted by Crippen LogP contribution is -2.19. The van der Waals surface area contributed by atoms with Gasteiger partial charge in [0.15, 0.2) is 15.4 Å². The molecule has 0 atom stereocenters. The number of nitrogens with zero attached hydrogens (tertiary/aromatic N) is 4. The summed E-state index contributed by atoms with van der Waals surface area (Å²) in [6.45, 7) is 2.54. The van der Waals surface area contributed by atoms with Gasteiger partial charge in [0.05, 0.1) is 6.54 Å². The number of aromatic nitrogens is 4. The largest absolute Gasteiger partial charge is 0.319 e. The molecule has 2 aromatic carbocycles. The van der Waals surface area contributed by atoms with Crippen molar-refractivity contribution in [2.24, 2.45) is 4.99 Å². The van der Waals surface area contributed by atoms with Crippen LogP contribution in [0.2, 0.25) is 5.02 Å². The van der Waals surface area contributed by atoms with Crippen LogP contribution in [0.1, 0.15) is 11.1 Å². The van der Waals surface area contributed by atoms with Crippen LogP contribution in [0.25, 0.3) is 11.4 Å². The van der Waals surface area contributed by atoms with E-state index in [1.54, 1.807) is 4.57 Å². The Morgan fingerprint density at radius 1 is 1.27 bits per heavy atom. The molecule has 9 heteroatoms. The SMILES string of the molecule is Cc1cccc(-c2n[nH]c(=S)n2CC(=O)N=c2sccn2Cc2ccccc2Cl)c1. The van der Waals surface area contributed by atoms with Crippen LogP contribution in [-0.4, -0.2) is 25.2 Å². The van der Waals surface area contributed by atoms with E-state index in [2.05, 4.69) is 15.2 Å². The normalized spacial score (nSPS) is 11.7. The predicted octanol–water partition coefficient (Wildman–Crippen LogP) is 4.61. The standard InChI is InChI=1S/C21H18ClN5OS2/c1-14-5-4-7-15(11-14)19-24-25-20(29)27(19)13-18(28)23-21-26(9-10-30-21)12-16-6-2-3-8-17(16)22/h2-11H,12-13H2,1H3,(H,25,29). The van der Waals surface area contributed by atoms with Gasteiger partial charge in [0, 0.05) is 22.2 Å². The zero-order chi connectivity index (χ0) is 21.1. The van der Waals surface area contributed by atoms with Crippen molar-refractivity contribution in [3.05, 3.63) is 85.8 Å². The lowest BCUT2D eigenvalue weighted by molar-refractivity contribution is -0.118. The Balaban J connectivity index is 1.61. The maximum absolute atomic E-state index is 12.7. The third-order valence-corrected chi connectivity index (χ3v) is 5.98. The first kappa shape index (κ1) is 20.5. The Bertz CT molecular complexity index is 1330. The Morgan fingerprint density at radius 3 is 2.90 bits per heavy atom. The number of thiazole rings is 1. The van der Waals surface area contributed by atoms with Crippen LogP contribution in [0.5, 0.6) is 0 Å². The van der Waals surface area contributed by atoms with E-state index in [-0.39, 0.29) is 12.5 Å². The number of carbonyl (C=O) groups is 1. The lowest BCUT2D eigenvalue weighted by Gasteiger charge is -2.06. The molecule has 2 aromatic heterocycles. The average molecular weight is 456 g/mol. The Kier molecular flexibility index (Phi) is 6.08. The molecule has 0 spiro atoms. The fourth-order valence-electron chi connectivity index (χ4n) is 3.06. The second-order valence-corrected chi connectivity index (χ2v) is 8.39. The monoisotopic (exact) mass is 455 g/mol. The molecule has 2 heterocycles. The average Bonchev–Trinajstić information content (AvgIpc) is 3.30. The quantitative estimate of drug-likeness (QED) is 0.447. The molecule has 0 aliphatic carbocycles. The number of aromatic amines is 1. The highest BCUT2D eigenvalue weighted by Gasteiger charge is 2.13. The summed E-state index contributed by atoms with van der Waals surface area (Å²) in [5, 5.41) is 9.64. The fraction of sp³-hybridized carbons (Fsp3) is 0.143. The maximum atomic E-state index is 12.7. The van der Waals surface area contributed by atoms with Gasteiger partial charge in [-0.3, -0.25) is 14.5 Å². The fourth-order valence-corrected chi connectivity index (χ4v) is 4.20. The van der Waals surface area contributed by atoms with Gasteiger partial charge in [0.2, 0.25) is 0 Å². The van der Waals surface area contributed by atoms with E-state index in [4.69, 9.17) is 23.8 Å². The van der Waals surface area contributed by atoms with Crippen LogP contribution in [0, 0.1) is 11.7 Å². The molecule has 4 rings (SSSR count). The van der Waals surface area contributed by atoms with Crippen LogP contribution in [-0.2, 0) is 17.9 Å². The molecule has 6 nitrogen and oxygen atoms in total. The number of nitrogens with one attached hydrogen (secondary N) is 1. The number of H-pyrrole nitrogens is 1. The first-order chi connectivity index (χ1) is 14.5. The van der Waals surface area contributed by atoms with Crippen LogP contribution in [0.3, 0.4) is 0 Å². The van der Waals surface area contributed by atoms with Crippen molar-refractivity contribution in [2.45, 2.75) is 20.0 Å². The van der Waals surface area contributed by atoms with Crippen LogP contribution in [0.15, 0.2) is 65.1 Å². The van der Waals surface area contributed by atoms with Gasteiger partial charge in [-0.25, -0.2) is 0 Å². The van der Waals surface area contributed by atoms with E-state index in [0.29, 0.717) is 27.0 Å². The minimum absolute atomic E-state index is 0.00258. The molecule has 0 saturated heterocycles. The highest BCUT2D eigenvalue weighted by atomic mass is 35.5. The van der Waals surface area contributed by atoms with E-state index in [1.807, 2.05) is 71.6 Å². The highest BCUT2D eigenvalue weighted by Crippen LogP contribution is 2.19. The van der Waals surface area contributed by atoms with Gasteiger partial charge in [-0.15, -0.1) is 11.3 Å². The number of hydrogen-bond acceptors (Lipinski definition) is 4.